The van der Waals surface area contributed by atoms with Gasteiger partial charge >= 0.3 is 0 Å². The zero-order chi connectivity index (χ0) is 28.7. The average molecular weight is 577 g/mol. The van der Waals surface area contributed by atoms with Crippen LogP contribution in [0.2, 0.25) is 5.02 Å². The molecule has 0 bridgehead atoms. The highest BCUT2D eigenvalue weighted by molar-refractivity contribution is 6.30. The number of hydrogen-bond donors (Lipinski definition) is 2. The van der Waals surface area contributed by atoms with Crippen molar-refractivity contribution in [3.8, 4) is 0 Å². The fraction of sp³-hybridized carbons (Fsp3) is 0.290. The number of nitrogens with zero attached hydrogens (tertiary/aromatic N) is 3. The molecule has 7 nitrogen and oxygen atoms in total. The molecule has 4 aromatic rings. The highest BCUT2D eigenvalue weighted by Gasteiger charge is 2.53. The van der Waals surface area contributed by atoms with Gasteiger partial charge in [0.05, 0.1) is 22.0 Å². The number of fused-ring (bicyclic) bond motifs is 2. The summed E-state index contributed by atoms with van der Waals surface area (Å²) < 4.78 is 26.8. The van der Waals surface area contributed by atoms with E-state index in [2.05, 4.69) is 15.3 Å². The standard InChI is InChI=1S/C31H27ClF2N4O3/c32-20-15-23(26(28(33)34)36-16-20)29(39)37-21-11-9-18(10-12-21)17-38-25-8-4-3-7-24(25)31(41,30(38)40)27-22-6-2-1-5-19(22)13-14-35-27/h1-8,13-16,18,21,28,41H,9-12,17H2,(H,37,39)/t18-,21-,31?. The Morgan fingerprint density at radius 1 is 1.07 bits per heavy atom. The minimum Gasteiger partial charge on any atom is -0.370 e. The lowest BCUT2D eigenvalue weighted by molar-refractivity contribution is -0.132. The Morgan fingerprint density at radius 3 is 2.59 bits per heavy atom. The van der Waals surface area contributed by atoms with E-state index in [9.17, 15) is 23.5 Å². The van der Waals surface area contributed by atoms with E-state index in [1.807, 2.05) is 42.5 Å². The molecule has 1 atom stereocenters. The van der Waals surface area contributed by atoms with Crippen LogP contribution in [-0.2, 0) is 10.4 Å². The summed E-state index contributed by atoms with van der Waals surface area (Å²) >= 11 is 5.90. The number of halogens is 3. The van der Waals surface area contributed by atoms with Crippen molar-refractivity contribution < 1.29 is 23.5 Å². The van der Waals surface area contributed by atoms with Gasteiger partial charge in [-0.25, -0.2) is 8.78 Å². The second-order valence-corrected chi connectivity index (χ2v) is 11.0. The van der Waals surface area contributed by atoms with E-state index in [1.165, 1.54) is 6.07 Å². The molecule has 3 heterocycles. The van der Waals surface area contributed by atoms with Crippen LogP contribution in [0.5, 0.6) is 0 Å². The largest absolute Gasteiger partial charge is 0.370 e. The molecule has 10 heteroatoms. The molecule has 2 aromatic heterocycles. The van der Waals surface area contributed by atoms with Crippen molar-refractivity contribution in [3.63, 3.8) is 0 Å². The van der Waals surface area contributed by atoms with Crippen LogP contribution in [0.25, 0.3) is 10.8 Å². The molecule has 0 saturated heterocycles. The van der Waals surface area contributed by atoms with Crippen LogP contribution < -0.4 is 10.2 Å². The van der Waals surface area contributed by atoms with Crippen LogP contribution in [0, 0.1) is 5.92 Å². The van der Waals surface area contributed by atoms with Crippen LogP contribution in [0.4, 0.5) is 14.5 Å². The second kappa shape index (κ2) is 10.8. The predicted octanol–water partition coefficient (Wildman–Crippen LogP) is 5.79. The van der Waals surface area contributed by atoms with E-state index in [-0.39, 0.29) is 22.5 Å². The number of alkyl halides is 2. The number of rotatable bonds is 6. The first kappa shape index (κ1) is 27.2. The molecule has 210 valence electrons. The smallest absolute Gasteiger partial charge is 0.281 e. The Bertz CT molecular complexity index is 1640. The lowest BCUT2D eigenvalue weighted by atomic mass is 9.85. The predicted molar refractivity (Wildman–Crippen MR) is 151 cm³/mol. The summed E-state index contributed by atoms with van der Waals surface area (Å²) in [7, 11) is 0. The topological polar surface area (TPSA) is 95.4 Å². The van der Waals surface area contributed by atoms with Crippen LogP contribution in [-0.4, -0.2) is 39.5 Å². The summed E-state index contributed by atoms with van der Waals surface area (Å²) in [6.45, 7) is 0.400. The number of nitrogens with one attached hydrogen (secondary N) is 1. The number of hydrogen-bond acceptors (Lipinski definition) is 5. The number of pyridine rings is 2. The number of para-hydroxylation sites is 1. The van der Waals surface area contributed by atoms with Gasteiger partial charge in [-0.2, -0.15) is 0 Å². The molecule has 1 aliphatic heterocycles. The maximum atomic E-state index is 14.0. The van der Waals surface area contributed by atoms with Crippen LogP contribution >= 0.6 is 11.6 Å². The molecule has 41 heavy (non-hydrogen) atoms. The SMILES string of the molecule is O=C(N[C@H]1CC[C@H](CN2C(=O)C(O)(c3nccc4ccccc34)c3ccccc32)CC1)c1cc(Cl)cnc1C(F)F. The number of carbonyl (C=O) groups excluding carboxylic acids is 2. The summed E-state index contributed by atoms with van der Waals surface area (Å²) in [5, 5.41) is 16.6. The Hall–Kier alpha value is -3.95. The number of carbonyl (C=O) groups is 2. The first-order valence-electron chi connectivity index (χ1n) is 13.5. The summed E-state index contributed by atoms with van der Waals surface area (Å²) in [6, 6.07) is 17.6. The molecule has 0 radical (unpaired) electrons. The molecule has 2 N–H and O–H groups in total. The average Bonchev–Trinajstić information content (AvgIpc) is 3.20. The fourth-order valence-corrected chi connectivity index (χ4v) is 6.23. The van der Waals surface area contributed by atoms with Crippen LogP contribution in [0.1, 0.15) is 59.4 Å². The first-order valence-corrected chi connectivity index (χ1v) is 13.9. The number of anilines is 1. The van der Waals surface area contributed by atoms with Gasteiger partial charge in [-0.05, 0) is 55.2 Å². The fourth-order valence-electron chi connectivity index (χ4n) is 6.07. The summed E-state index contributed by atoms with van der Waals surface area (Å²) in [5.74, 6) is -0.950. The third-order valence-corrected chi connectivity index (χ3v) is 8.32. The summed E-state index contributed by atoms with van der Waals surface area (Å²) in [4.78, 5) is 36.5. The normalized spacial score (nSPS) is 22.3. The van der Waals surface area contributed by atoms with E-state index >= 15 is 0 Å². The van der Waals surface area contributed by atoms with E-state index in [1.54, 1.807) is 23.2 Å². The van der Waals surface area contributed by atoms with Gasteiger partial charge in [0, 0.05) is 35.9 Å². The molecule has 1 saturated carbocycles. The Balaban J connectivity index is 1.18. The summed E-state index contributed by atoms with van der Waals surface area (Å²) in [6.07, 6.45) is 2.45. The van der Waals surface area contributed by atoms with Crippen LogP contribution in [0.3, 0.4) is 0 Å². The van der Waals surface area contributed by atoms with Gasteiger partial charge in [0.15, 0.2) is 0 Å². The number of aromatic nitrogens is 2. The quantitative estimate of drug-likeness (QED) is 0.303. The van der Waals surface area contributed by atoms with Crippen molar-refractivity contribution in [2.24, 2.45) is 5.92 Å². The number of benzene rings is 2. The zero-order valence-corrected chi connectivity index (χ0v) is 22.7. The molecular formula is C31H27ClF2N4O3. The van der Waals surface area contributed by atoms with Gasteiger partial charge in [-0.3, -0.25) is 19.6 Å². The molecule has 0 spiro atoms. The minimum atomic E-state index is -2.90. The molecular weight excluding hydrogens is 550 g/mol. The maximum Gasteiger partial charge on any atom is 0.281 e. The van der Waals surface area contributed by atoms with Gasteiger partial charge in [-0.15, -0.1) is 0 Å². The Kier molecular flexibility index (Phi) is 7.17. The van der Waals surface area contributed by atoms with Gasteiger partial charge in [0.2, 0.25) is 5.60 Å². The lowest BCUT2D eigenvalue weighted by Crippen LogP contribution is -2.45. The number of aliphatic hydroxyl groups is 1. The molecule has 2 aliphatic rings. The van der Waals surface area contributed by atoms with Crippen molar-refractivity contribution in [3.05, 3.63) is 101 Å². The summed E-state index contributed by atoms with van der Waals surface area (Å²) in [5.41, 5.74) is -1.29. The van der Waals surface area contributed by atoms with Crippen molar-refractivity contribution in [2.75, 3.05) is 11.4 Å². The highest BCUT2D eigenvalue weighted by atomic mass is 35.5. The van der Waals surface area contributed by atoms with E-state index in [0.717, 1.165) is 11.6 Å². The van der Waals surface area contributed by atoms with Gasteiger partial charge in [0.1, 0.15) is 5.69 Å². The molecule has 2 aromatic carbocycles. The van der Waals surface area contributed by atoms with Crippen molar-refractivity contribution >= 4 is 39.9 Å². The van der Waals surface area contributed by atoms with Crippen molar-refractivity contribution in [2.45, 2.75) is 43.8 Å². The van der Waals surface area contributed by atoms with E-state index < -0.39 is 29.5 Å². The third-order valence-electron chi connectivity index (χ3n) is 8.11. The van der Waals surface area contributed by atoms with Gasteiger partial charge in [0.25, 0.3) is 18.2 Å². The Labute approximate surface area is 240 Å². The minimum absolute atomic E-state index is 0.109. The highest BCUT2D eigenvalue weighted by Crippen LogP contribution is 2.46. The van der Waals surface area contributed by atoms with Gasteiger partial charge < -0.3 is 15.3 Å². The van der Waals surface area contributed by atoms with Crippen molar-refractivity contribution in [1.29, 1.82) is 0 Å². The maximum absolute atomic E-state index is 14.0. The van der Waals surface area contributed by atoms with Crippen molar-refractivity contribution in [1.82, 2.24) is 15.3 Å². The van der Waals surface area contributed by atoms with Gasteiger partial charge in [-0.1, -0.05) is 54.1 Å². The third kappa shape index (κ3) is 4.83. The molecule has 1 fully saturated rings. The molecule has 1 aliphatic carbocycles. The molecule has 2 amide bonds. The second-order valence-electron chi connectivity index (χ2n) is 10.6. The first-order chi connectivity index (χ1) is 19.8. The monoisotopic (exact) mass is 576 g/mol. The Morgan fingerprint density at radius 2 is 1.80 bits per heavy atom. The lowest BCUT2D eigenvalue weighted by Gasteiger charge is -2.32. The zero-order valence-electron chi connectivity index (χ0n) is 21.9. The van der Waals surface area contributed by atoms with Crippen LogP contribution in [0.15, 0.2) is 73.1 Å². The van der Waals surface area contributed by atoms with E-state index in [4.69, 9.17) is 11.6 Å². The molecule has 6 rings (SSSR count). The number of amides is 2. The van der Waals surface area contributed by atoms with E-state index in [0.29, 0.717) is 54.6 Å². The molecule has 1 unspecified atom stereocenters.